The van der Waals surface area contributed by atoms with Crippen molar-refractivity contribution in [3.8, 4) is 11.5 Å². The Labute approximate surface area is 178 Å². The summed E-state index contributed by atoms with van der Waals surface area (Å²) < 4.78 is 16.5. The van der Waals surface area contributed by atoms with Crippen molar-refractivity contribution in [1.82, 2.24) is 4.98 Å². The summed E-state index contributed by atoms with van der Waals surface area (Å²) in [6.07, 6.45) is 1.59. The van der Waals surface area contributed by atoms with E-state index in [9.17, 15) is 4.79 Å². The second-order valence-corrected chi connectivity index (χ2v) is 7.11. The van der Waals surface area contributed by atoms with Crippen LogP contribution in [0.5, 0.6) is 11.5 Å². The number of furan rings is 1. The van der Waals surface area contributed by atoms with Crippen molar-refractivity contribution in [2.24, 2.45) is 0 Å². The lowest BCUT2D eigenvalue weighted by Gasteiger charge is -2.07. The molecule has 152 valence electrons. The van der Waals surface area contributed by atoms with E-state index in [1.165, 1.54) is 0 Å². The summed E-state index contributed by atoms with van der Waals surface area (Å²) in [5.74, 6) is 1.77. The minimum Gasteiger partial charge on any atom is -0.497 e. The number of pyridine rings is 1. The third kappa shape index (κ3) is 4.39. The quantitative estimate of drug-likeness (QED) is 0.436. The standard InChI is InChI=1S/C23H19ClN2O4/c1-14-9-18(5-7-20(14)24)29-13-19-6-8-22(30-19)23(27)26-16-10-15-3-4-17(28-2)11-21(15)25-12-16/h3-12H,13H2,1-2H3,(H,26,27). The SMILES string of the molecule is COc1ccc2cc(NC(=O)c3ccc(COc4ccc(Cl)c(C)c4)o3)cnc2c1. The maximum atomic E-state index is 12.5. The van der Waals surface area contributed by atoms with Crippen LogP contribution in [0.4, 0.5) is 5.69 Å². The first-order chi connectivity index (χ1) is 14.5. The van der Waals surface area contributed by atoms with Crippen molar-refractivity contribution in [3.63, 3.8) is 0 Å². The van der Waals surface area contributed by atoms with Crippen molar-refractivity contribution in [1.29, 1.82) is 0 Å². The first-order valence-electron chi connectivity index (χ1n) is 9.24. The molecule has 1 N–H and O–H groups in total. The normalized spacial score (nSPS) is 10.8. The Hall–Kier alpha value is -3.51. The fourth-order valence-electron chi connectivity index (χ4n) is 2.93. The highest BCUT2D eigenvalue weighted by Gasteiger charge is 2.13. The van der Waals surface area contributed by atoms with E-state index in [1.54, 1.807) is 37.6 Å². The molecule has 6 nitrogen and oxygen atoms in total. The molecule has 0 aliphatic heterocycles. The number of halogens is 1. The fourth-order valence-corrected chi connectivity index (χ4v) is 3.05. The molecule has 4 rings (SSSR count). The van der Waals surface area contributed by atoms with Gasteiger partial charge in [-0.3, -0.25) is 9.78 Å². The van der Waals surface area contributed by atoms with Gasteiger partial charge in [0.2, 0.25) is 0 Å². The number of ether oxygens (including phenoxy) is 2. The van der Waals surface area contributed by atoms with Crippen LogP contribution < -0.4 is 14.8 Å². The molecule has 2 aromatic carbocycles. The monoisotopic (exact) mass is 422 g/mol. The number of carbonyl (C=O) groups excluding carboxylic acids is 1. The number of anilines is 1. The lowest BCUT2D eigenvalue weighted by atomic mass is 10.2. The molecule has 0 saturated heterocycles. The molecule has 0 aliphatic carbocycles. The number of methoxy groups -OCH3 is 1. The summed E-state index contributed by atoms with van der Waals surface area (Å²) in [6.45, 7) is 2.11. The number of carbonyl (C=O) groups is 1. The topological polar surface area (TPSA) is 73.6 Å². The van der Waals surface area contributed by atoms with Crippen LogP contribution in [0.15, 0.2) is 65.2 Å². The zero-order valence-corrected chi connectivity index (χ0v) is 17.2. The van der Waals surface area contributed by atoms with E-state index in [0.717, 1.165) is 22.2 Å². The number of rotatable bonds is 6. The smallest absolute Gasteiger partial charge is 0.291 e. The van der Waals surface area contributed by atoms with Gasteiger partial charge in [-0.15, -0.1) is 0 Å². The molecule has 0 atom stereocenters. The first-order valence-corrected chi connectivity index (χ1v) is 9.62. The highest BCUT2D eigenvalue weighted by Crippen LogP contribution is 2.23. The minimum absolute atomic E-state index is 0.190. The van der Waals surface area contributed by atoms with Crippen LogP contribution in [0, 0.1) is 6.92 Å². The van der Waals surface area contributed by atoms with Crippen molar-refractivity contribution < 1.29 is 18.7 Å². The van der Waals surface area contributed by atoms with E-state index >= 15 is 0 Å². The zero-order chi connectivity index (χ0) is 21.1. The molecule has 0 unspecified atom stereocenters. The summed E-state index contributed by atoms with van der Waals surface area (Å²) >= 11 is 6.02. The number of hydrogen-bond acceptors (Lipinski definition) is 5. The number of aryl methyl sites for hydroxylation is 1. The van der Waals surface area contributed by atoms with Gasteiger partial charge >= 0.3 is 0 Å². The lowest BCUT2D eigenvalue weighted by Crippen LogP contribution is -2.11. The third-order valence-corrected chi connectivity index (χ3v) is 4.97. The highest BCUT2D eigenvalue weighted by atomic mass is 35.5. The van der Waals surface area contributed by atoms with Crippen LogP contribution in [0.25, 0.3) is 10.9 Å². The molecule has 0 bridgehead atoms. The predicted molar refractivity (Wildman–Crippen MR) is 115 cm³/mol. The Bertz CT molecular complexity index is 1220. The van der Waals surface area contributed by atoms with Gasteiger partial charge in [0.15, 0.2) is 5.76 Å². The number of benzene rings is 2. The molecule has 0 fully saturated rings. The van der Waals surface area contributed by atoms with Crippen LogP contribution in [0.2, 0.25) is 5.02 Å². The van der Waals surface area contributed by atoms with Gasteiger partial charge in [0, 0.05) is 16.5 Å². The maximum Gasteiger partial charge on any atom is 0.291 e. The number of nitrogens with one attached hydrogen (secondary N) is 1. The molecular weight excluding hydrogens is 404 g/mol. The molecule has 0 spiro atoms. The van der Waals surface area contributed by atoms with Crippen LogP contribution in [0.1, 0.15) is 21.9 Å². The molecule has 1 amide bonds. The van der Waals surface area contributed by atoms with Crippen LogP contribution >= 0.6 is 11.6 Å². The average molecular weight is 423 g/mol. The zero-order valence-electron chi connectivity index (χ0n) is 16.4. The molecule has 0 radical (unpaired) electrons. The van der Waals surface area contributed by atoms with E-state index in [0.29, 0.717) is 22.2 Å². The van der Waals surface area contributed by atoms with E-state index in [2.05, 4.69) is 10.3 Å². The summed E-state index contributed by atoms with van der Waals surface area (Å²) in [6, 6.07) is 16.1. The Morgan fingerprint density at radius 3 is 2.73 bits per heavy atom. The predicted octanol–water partition coefficient (Wildman–Crippen LogP) is 5.63. The summed E-state index contributed by atoms with van der Waals surface area (Å²) in [5, 5.41) is 4.37. The minimum atomic E-state index is -0.363. The van der Waals surface area contributed by atoms with Crippen molar-refractivity contribution in [3.05, 3.63) is 82.9 Å². The Morgan fingerprint density at radius 2 is 1.93 bits per heavy atom. The van der Waals surface area contributed by atoms with Gasteiger partial charge in [0.25, 0.3) is 5.91 Å². The van der Waals surface area contributed by atoms with Crippen LogP contribution in [0.3, 0.4) is 0 Å². The number of fused-ring (bicyclic) bond motifs is 1. The van der Waals surface area contributed by atoms with Gasteiger partial charge in [-0.2, -0.15) is 0 Å². The van der Waals surface area contributed by atoms with Crippen molar-refractivity contribution in [2.45, 2.75) is 13.5 Å². The molecule has 30 heavy (non-hydrogen) atoms. The molecular formula is C23H19ClN2O4. The molecule has 0 saturated carbocycles. The maximum absolute atomic E-state index is 12.5. The Kier molecular flexibility index (Phi) is 5.59. The van der Waals surface area contributed by atoms with Gasteiger partial charge in [-0.05, 0) is 61.0 Å². The van der Waals surface area contributed by atoms with Gasteiger partial charge in [0.1, 0.15) is 23.9 Å². The number of hydrogen-bond donors (Lipinski definition) is 1. The third-order valence-electron chi connectivity index (χ3n) is 4.55. The van der Waals surface area contributed by atoms with E-state index in [4.69, 9.17) is 25.5 Å². The van der Waals surface area contributed by atoms with Gasteiger partial charge < -0.3 is 19.2 Å². The van der Waals surface area contributed by atoms with E-state index in [1.807, 2.05) is 37.3 Å². The second-order valence-electron chi connectivity index (χ2n) is 6.70. The first kappa shape index (κ1) is 19.8. The van der Waals surface area contributed by atoms with Gasteiger partial charge in [-0.1, -0.05) is 11.6 Å². The number of aromatic nitrogens is 1. The van der Waals surface area contributed by atoms with Crippen LogP contribution in [-0.4, -0.2) is 18.0 Å². The molecule has 2 aromatic heterocycles. The summed E-state index contributed by atoms with van der Waals surface area (Å²) in [4.78, 5) is 16.9. The summed E-state index contributed by atoms with van der Waals surface area (Å²) in [7, 11) is 1.61. The Morgan fingerprint density at radius 1 is 1.10 bits per heavy atom. The van der Waals surface area contributed by atoms with Gasteiger partial charge in [-0.25, -0.2) is 0 Å². The molecule has 4 aromatic rings. The van der Waals surface area contributed by atoms with E-state index in [-0.39, 0.29) is 18.3 Å². The van der Waals surface area contributed by atoms with Crippen LogP contribution in [-0.2, 0) is 6.61 Å². The molecule has 2 heterocycles. The fraction of sp³-hybridized carbons (Fsp3) is 0.130. The summed E-state index contributed by atoms with van der Waals surface area (Å²) in [5.41, 5.74) is 2.28. The lowest BCUT2D eigenvalue weighted by molar-refractivity contribution is 0.0992. The highest BCUT2D eigenvalue weighted by molar-refractivity contribution is 6.31. The van der Waals surface area contributed by atoms with Gasteiger partial charge in [0.05, 0.1) is 24.5 Å². The molecule has 0 aliphatic rings. The largest absolute Gasteiger partial charge is 0.497 e. The van der Waals surface area contributed by atoms with Crippen molar-refractivity contribution >= 4 is 34.1 Å². The number of nitrogens with zero attached hydrogens (tertiary/aromatic N) is 1. The number of amides is 1. The van der Waals surface area contributed by atoms with Crippen molar-refractivity contribution in [2.75, 3.05) is 12.4 Å². The average Bonchev–Trinajstić information content (AvgIpc) is 3.23. The second kappa shape index (κ2) is 8.47. The van der Waals surface area contributed by atoms with E-state index < -0.39 is 0 Å². The molecule has 7 heteroatoms. The Balaban J connectivity index is 1.41.